The van der Waals surface area contributed by atoms with E-state index in [4.69, 9.17) is 15.4 Å². The molecule has 0 radical (unpaired) electrons. The van der Waals surface area contributed by atoms with Crippen molar-refractivity contribution in [3.8, 4) is 0 Å². The second kappa shape index (κ2) is 7.57. The van der Waals surface area contributed by atoms with Crippen LogP contribution in [-0.2, 0) is 16.1 Å². The Balaban J connectivity index is 2.44. The summed E-state index contributed by atoms with van der Waals surface area (Å²) >= 11 is 0. The zero-order valence-corrected chi connectivity index (χ0v) is 9.89. The largest absolute Gasteiger partial charge is 0.480 e. The maximum absolute atomic E-state index is 11.4. The molecule has 0 bridgehead atoms. The lowest BCUT2D eigenvalue weighted by atomic mass is 10.2. The number of nitrogens with zero attached hydrogens (tertiary/aromatic N) is 3. The number of carbonyl (C=O) groups is 2. The second-order valence-electron chi connectivity index (χ2n) is 3.51. The number of ether oxygens (including phenoxy) is 1. The number of benzene rings is 1. The summed E-state index contributed by atoms with van der Waals surface area (Å²) in [6.07, 6.45) is -0.885. The van der Waals surface area contributed by atoms with Crippen LogP contribution in [0.3, 0.4) is 0 Å². The number of alkyl carbamates (subject to hydrolysis) is 1. The van der Waals surface area contributed by atoms with E-state index >= 15 is 0 Å². The number of nitrogens with one attached hydrogen (secondary N) is 1. The quantitative estimate of drug-likeness (QED) is 0.460. The standard InChI is InChI=1S/C11H12N4O4/c12-15-13-6-9(10(16)17)14-11(18)19-7-8-4-2-1-3-5-8/h1-5,9H,6-7H2,(H,14,18)(H,16,17)/t9-/m1/s1. The van der Waals surface area contributed by atoms with Gasteiger partial charge in [-0.2, -0.15) is 0 Å². The summed E-state index contributed by atoms with van der Waals surface area (Å²) in [6.45, 7) is -0.354. The maximum Gasteiger partial charge on any atom is 0.408 e. The van der Waals surface area contributed by atoms with Crippen LogP contribution in [0.4, 0.5) is 4.79 Å². The van der Waals surface area contributed by atoms with Crippen LogP contribution in [0.5, 0.6) is 0 Å². The number of hydrogen-bond acceptors (Lipinski definition) is 4. The molecule has 0 aliphatic carbocycles. The van der Waals surface area contributed by atoms with Crippen LogP contribution in [0.1, 0.15) is 5.56 Å². The average Bonchev–Trinajstić information content (AvgIpc) is 2.42. The number of hydrogen-bond donors (Lipinski definition) is 2. The van der Waals surface area contributed by atoms with E-state index in [9.17, 15) is 9.59 Å². The molecule has 0 spiro atoms. The molecule has 1 amide bonds. The van der Waals surface area contributed by atoms with Crippen LogP contribution in [0.25, 0.3) is 10.4 Å². The van der Waals surface area contributed by atoms with Gasteiger partial charge in [0.1, 0.15) is 12.6 Å². The monoisotopic (exact) mass is 264 g/mol. The van der Waals surface area contributed by atoms with Gasteiger partial charge < -0.3 is 15.2 Å². The van der Waals surface area contributed by atoms with E-state index < -0.39 is 18.1 Å². The minimum absolute atomic E-state index is 0.0283. The van der Waals surface area contributed by atoms with Crippen molar-refractivity contribution in [1.29, 1.82) is 0 Å². The highest BCUT2D eigenvalue weighted by atomic mass is 16.5. The van der Waals surface area contributed by atoms with Crippen molar-refractivity contribution >= 4 is 12.1 Å². The zero-order chi connectivity index (χ0) is 14.1. The van der Waals surface area contributed by atoms with Gasteiger partial charge in [-0.05, 0) is 11.1 Å². The molecule has 0 heterocycles. The Kier molecular flexibility index (Phi) is 5.71. The number of rotatable bonds is 6. The number of azide groups is 1. The molecule has 8 nitrogen and oxygen atoms in total. The molecule has 100 valence electrons. The predicted octanol–water partition coefficient (Wildman–Crippen LogP) is 1.68. The first-order valence-electron chi connectivity index (χ1n) is 5.34. The summed E-state index contributed by atoms with van der Waals surface area (Å²) in [4.78, 5) is 24.6. The topological polar surface area (TPSA) is 124 Å². The van der Waals surface area contributed by atoms with E-state index in [1.807, 2.05) is 6.07 Å². The van der Waals surface area contributed by atoms with Gasteiger partial charge in [-0.25, -0.2) is 9.59 Å². The molecule has 0 unspecified atom stereocenters. The Morgan fingerprint density at radius 2 is 2.11 bits per heavy atom. The molecular formula is C11H12N4O4. The molecule has 0 aliphatic rings. The molecule has 2 N–H and O–H groups in total. The summed E-state index contributed by atoms with van der Waals surface area (Å²) in [6, 6.07) is 7.63. The van der Waals surface area contributed by atoms with Gasteiger partial charge in [-0.15, -0.1) is 0 Å². The maximum atomic E-state index is 11.4. The Morgan fingerprint density at radius 1 is 1.42 bits per heavy atom. The highest BCUT2D eigenvalue weighted by molar-refractivity contribution is 5.80. The SMILES string of the molecule is [N-]=[N+]=NC[C@@H](NC(=O)OCc1ccccc1)C(=O)O. The molecule has 0 aromatic heterocycles. The average molecular weight is 264 g/mol. The molecule has 1 rings (SSSR count). The molecule has 8 heteroatoms. The Labute approximate surface area is 108 Å². The molecule has 1 aromatic rings. The summed E-state index contributed by atoms with van der Waals surface area (Å²) < 4.78 is 4.84. The fourth-order valence-electron chi connectivity index (χ4n) is 1.21. The fourth-order valence-corrected chi connectivity index (χ4v) is 1.21. The van der Waals surface area contributed by atoms with Crippen LogP contribution in [-0.4, -0.2) is 29.8 Å². The van der Waals surface area contributed by atoms with E-state index in [-0.39, 0.29) is 13.2 Å². The van der Waals surface area contributed by atoms with Crippen molar-refractivity contribution < 1.29 is 19.4 Å². The van der Waals surface area contributed by atoms with Crippen LogP contribution in [0, 0.1) is 0 Å². The van der Waals surface area contributed by atoms with E-state index in [1.165, 1.54) is 0 Å². The van der Waals surface area contributed by atoms with Crippen LogP contribution in [0.15, 0.2) is 35.4 Å². The smallest absolute Gasteiger partial charge is 0.408 e. The zero-order valence-electron chi connectivity index (χ0n) is 9.89. The van der Waals surface area contributed by atoms with Crippen molar-refractivity contribution in [1.82, 2.24) is 5.32 Å². The molecular weight excluding hydrogens is 252 g/mol. The summed E-state index contributed by atoms with van der Waals surface area (Å²) in [5.74, 6) is -1.30. The lowest BCUT2D eigenvalue weighted by Crippen LogP contribution is -2.43. The summed E-state index contributed by atoms with van der Waals surface area (Å²) in [7, 11) is 0. The van der Waals surface area contributed by atoms with Gasteiger partial charge in [0.2, 0.25) is 0 Å². The molecule has 0 aliphatic heterocycles. The van der Waals surface area contributed by atoms with E-state index in [0.717, 1.165) is 5.56 Å². The van der Waals surface area contributed by atoms with Gasteiger partial charge in [0, 0.05) is 4.91 Å². The fraction of sp³-hybridized carbons (Fsp3) is 0.273. The third kappa shape index (κ3) is 5.42. The van der Waals surface area contributed by atoms with Crippen LogP contribution >= 0.6 is 0 Å². The Morgan fingerprint density at radius 3 is 2.68 bits per heavy atom. The predicted molar refractivity (Wildman–Crippen MR) is 65.2 cm³/mol. The number of carboxylic acids is 1. The molecule has 1 aromatic carbocycles. The lowest BCUT2D eigenvalue weighted by Gasteiger charge is -2.12. The van der Waals surface area contributed by atoms with Crippen LogP contribution < -0.4 is 5.32 Å². The summed E-state index contributed by atoms with van der Waals surface area (Å²) in [5.41, 5.74) is 8.88. The first-order valence-corrected chi connectivity index (χ1v) is 5.34. The lowest BCUT2D eigenvalue weighted by molar-refractivity contribution is -0.139. The van der Waals surface area contributed by atoms with E-state index in [2.05, 4.69) is 15.3 Å². The van der Waals surface area contributed by atoms with Gasteiger partial charge in [0.25, 0.3) is 0 Å². The Hall–Kier alpha value is -2.73. The minimum atomic E-state index is -1.31. The highest BCUT2D eigenvalue weighted by Crippen LogP contribution is 2.00. The molecule has 19 heavy (non-hydrogen) atoms. The van der Waals surface area contributed by atoms with E-state index in [0.29, 0.717) is 0 Å². The summed E-state index contributed by atoms with van der Waals surface area (Å²) in [5, 5.41) is 14.0. The van der Waals surface area contributed by atoms with Crippen molar-refractivity contribution in [2.24, 2.45) is 5.11 Å². The van der Waals surface area contributed by atoms with Gasteiger partial charge in [-0.1, -0.05) is 35.4 Å². The Bertz CT molecular complexity index is 485. The first-order chi connectivity index (χ1) is 9.13. The highest BCUT2D eigenvalue weighted by Gasteiger charge is 2.19. The number of carboxylic acid groups (broad SMARTS) is 1. The van der Waals surface area contributed by atoms with Crippen molar-refractivity contribution in [2.75, 3.05) is 6.54 Å². The first kappa shape index (κ1) is 14.3. The van der Waals surface area contributed by atoms with E-state index in [1.54, 1.807) is 24.3 Å². The molecule has 0 saturated heterocycles. The molecule has 0 fully saturated rings. The van der Waals surface area contributed by atoms with Gasteiger partial charge in [-0.3, -0.25) is 0 Å². The number of aliphatic carboxylic acids is 1. The van der Waals surface area contributed by atoms with Gasteiger partial charge in [0.05, 0.1) is 6.54 Å². The van der Waals surface area contributed by atoms with Gasteiger partial charge in [0.15, 0.2) is 0 Å². The third-order valence-electron chi connectivity index (χ3n) is 2.13. The normalized spacial score (nSPS) is 10.9. The van der Waals surface area contributed by atoms with Crippen molar-refractivity contribution in [2.45, 2.75) is 12.6 Å². The third-order valence-corrected chi connectivity index (χ3v) is 2.13. The minimum Gasteiger partial charge on any atom is -0.480 e. The van der Waals surface area contributed by atoms with Crippen molar-refractivity contribution in [3.05, 3.63) is 46.3 Å². The number of amides is 1. The van der Waals surface area contributed by atoms with Gasteiger partial charge >= 0.3 is 12.1 Å². The molecule has 1 atom stereocenters. The number of carbonyl (C=O) groups excluding carboxylic acids is 1. The van der Waals surface area contributed by atoms with Crippen LogP contribution in [0.2, 0.25) is 0 Å². The second-order valence-corrected chi connectivity index (χ2v) is 3.51. The van der Waals surface area contributed by atoms with Crippen molar-refractivity contribution in [3.63, 3.8) is 0 Å². The molecule has 0 saturated carbocycles.